The summed E-state index contributed by atoms with van der Waals surface area (Å²) in [7, 11) is 0. The number of amides is 4. The van der Waals surface area contributed by atoms with Crippen LogP contribution in [0, 0.1) is 0 Å². The van der Waals surface area contributed by atoms with E-state index in [0.717, 1.165) is 10.7 Å². The molecule has 1 unspecified atom stereocenters. The monoisotopic (exact) mass is 389 g/mol. The van der Waals surface area contributed by atoms with Crippen molar-refractivity contribution in [2.45, 2.75) is 18.9 Å². The second kappa shape index (κ2) is 7.23. The number of para-hydroxylation sites is 1. The van der Waals surface area contributed by atoms with Gasteiger partial charge in [0.1, 0.15) is 5.54 Å². The van der Waals surface area contributed by atoms with Gasteiger partial charge in [-0.2, -0.15) is 10.1 Å². The molecule has 0 bridgehead atoms. The molecule has 0 spiro atoms. The summed E-state index contributed by atoms with van der Waals surface area (Å²) in [4.78, 5) is 37.6. The summed E-state index contributed by atoms with van der Waals surface area (Å²) in [6, 6.07) is 17.7. The largest absolute Gasteiger partial charge is 0.344 e. The van der Waals surface area contributed by atoms with Crippen LogP contribution in [-0.4, -0.2) is 32.6 Å². The highest BCUT2D eigenvalue weighted by molar-refractivity contribution is 6.08. The Bertz CT molecular complexity index is 1060. The molecule has 4 rings (SSSR count). The van der Waals surface area contributed by atoms with Crippen molar-refractivity contribution in [3.63, 3.8) is 0 Å². The van der Waals surface area contributed by atoms with Crippen LogP contribution in [0.15, 0.2) is 73.1 Å². The van der Waals surface area contributed by atoms with Crippen LogP contribution in [0.2, 0.25) is 0 Å². The highest BCUT2D eigenvalue weighted by Gasteiger charge is 2.49. The van der Waals surface area contributed by atoms with Crippen LogP contribution in [0.4, 0.5) is 4.79 Å². The van der Waals surface area contributed by atoms with Crippen molar-refractivity contribution < 1.29 is 14.4 Å². The summed E-state index contributed by atoms with van der Waals surface area (Å²) in [6.45, 7) is 1.61. The number of benzene rings is 2. The normalized spacial score (nSPS) is 18.6. The van der Waals surface area contributed by atoms with Gasteiger partial charge in [0.25, 0.3) is 5.91 Å². The zero-order valence-corrected chi connectivity index (χ0v) is 15.7. The molecule has 1 aromatic heterocycles. The molecular formula is C21H19N5O3. The first-order chi connectivity index (χ1) is 14.0. The fourth-order valence-electron chi connectivity index (χ4n) is 3.23. The molecule has 2 aromatic carbocycles. The van der Waals surface area contributed by atoms with E-state index in [1.807, 2.05) is 36.4 Å². The van der Waals surface area contributed by atoms with E-state index in [2.05, 4.69) is 15.8 Å². The lowest BCUT2D eigenvalue weighted by Gasteiger charge is -2.22. The maximum Gasteiger partial charge on any atom is 0.344 e. The lowest BCUT2D eigenvalue weighted by Crippen LogP contribution is -2.48. The second-order valence-electron chi connectivity index (χ2n) is 6.90. The van der Waals surface area contributed by atoms with Gasteiger partial charge in [-0.05, 0) is 30.2 Å². The molecule has 2 heterocycles. The van der Waals surface area contributed by atoms with E-state index < -0.39 is 23.4 Å². The molecule has 4 amide bonds. The van der Waals surface area contributed by atoms with E-state index in [4.69, 9.17) is 0 Å². The van der Waals surface area contributed by atoms with Gasteiger partial charge in [0.05, 0.1) is 18.3 Å². The van der Waals surface area contributed by atoms with Crippen molar-refractivity contribution in [3.05, 3.63) is 84.2 Å². The summed E-state index contributed by atoms with van der Waals surface area (Å²) < 4.78 is 1.66. The van der Waals surface area contributed by atoms with Gasteiger partial charge in [-0.3, -0.25) is 15.0 Å². The average Bonchev–Trinajstić information content (AvgIpc) is 3.28. The van der Waals surface area contributed by atoms with Crippen molar-refractivity contribution in [1.29, 1.82) is 0 Å². The van der Waals surface area contributed by atoms with Gasteiger partial charge in [-0.25, -0.2) is 9.48 Å². The molecule has 1 fully saturated rings. The Morgan fingerprint density at radius 2 is 1.72 bits per heavy atom. The van der Waals surface area contributed by atoms with Crippen molar-refractivity contribution in [2.24, 2.45) is 0 Å². The third kappa shape index (κ3) is 3.47. The van der Waals surface area contributed by atoms with E-state index in [9.17, 15) is 14.4 Å². The molecule has 1 atom stereocenters. The molecule has 8 nitrogen and oxygen atoms in total. The number of carbonyl (C=O) groups excluding carboxylic acids is 3. The average molecular weight is 389 g/mol. The van der Waals surface area contributed by atoms with Crippen molar-refractivity contribution >= 4 is 17.8 Å². The predicted molar refractivity (Wildman–Crippen MR) is 105 cm³/mol. The molecule has 0 aliphatic carbocycles. The van der Waals surface area contributed by atoms with Crippen LogP contribution in [0.3, 0.4) is 0 Å². The van der Waals surface area contributed by atoms with Gasteiger partial charge in [-0.15, -0.1) is 0 Å². The summed E-state index contributed by atoms with van der Waals surface area (Å²) in [6.07, 6.45) is 3.29. The number of rotatable bonds is 5. The highest BCUT2D eigenvalue weighted by Crippen LogP contribution is 2.27. The van der Waals surface area contributed by atoms with E-state index in [1.165, 1.54) is 0 Å². The number of hydrogen-bond donors (Lipinski definition) is 2. The Balaban J connectivity index is 1.44. The first-order valence-electron chi connectivity index (χ1n) is 9.08. The van der Waals surface area contributed by atoms with Crippen LogP contribution in [-0.2, 0) is 21.5 Å². The number of nitrogens with one attached hydrogen (secondary N) is 2. The Hall–Kier alpha value is -3.94. The van der Waals surface area contributed by atoms with Crippen LogP contribution in [0.1, 0.15) is 18.1 Å². The number of imide groups is 1. The Morgan fingerprint density at radius 3 is 2.41 bits per heavy atom. The van der Waals surface area contributed by atoms with Gasteiger partial charge >= 0.3 is 6.03 Å². The molecule has 1 saturated heterocycles. The number of aromatic nitrogens is 2. The summed E-state index contributed by atoms with van der Waals surface area (Å²) >= 11 is 0. The van der Waals surface area contributed by atoms with Crippen LogP contribution >= 0.6 is 0 Å². The Labute approximate surface area is 167 Å². The highest BCUT2D eigenvalue weighted by atomic mass is 16.2. The second-order valence-corrected chi connectivity index (χ2v) is 6.90. The number of hydrazine groups is 1. The molecule has 0 saturated carbocycles. The van der Waals surface area contributed by atoms with Gasteiger partial charge in [0.2, 0.25) is 5.91 Å². The maximum atomic E-state index is 12.8. The lowest BCUT2D eigenvalue weighted by molar-refractivity contribution is -0.138. The smallest absolute Gasteiger partial charge is 0.318 e. The Morgan fingerprint density at radius 1 is 1.07 bits per heavy atom. The van der Waals surface area contributed by atoms with Crippen LogP contribution in [0.5, 0.6) is 0 Å². The van der Waals surface area contributed by atoms with Crippen molar-refractivity contribution in [1.82, 2.24) is 25.5 Å². The number of hydrogen-bond acceptors (Lipinski definition) is 4. The first kappa shape index (κ1) is 18.4. The molecule has 8 heteroatoms. The third-order valence-electron chi connectivity index (χ3n) is 4.80. The zero-order chi connectivity index (χ0) is 20.4. The van der Waals surface area contributed by atoms with Crippen molar-refractivity contribution in [2.75, 3.05) is 0 Å². The Kier molecular flexibility index (Phi) is 4.59. The van der Waals surface area contributed by atoms with E-state index in [-0.39, 0.29) is 6.42 Å². The molecule has 146 valence electrons. The van der Waals surface area contributed by atoms with Gasteiger partial charge in [0.15, 0.2) is 0 Å². The lowest BCUT2D eigenvalue weighted by atomic mass is 9.92. The third-order valence-corrected chi connectivity index (χ3v) is 4.80. The van der Waals surface area contributed by atoms with Crippen molar-refractivity contribution in [3.8, 4) is 5.69 Å². The number of carbonyl (C=O) groups is 3. The van der Waals surface area contributed by atoms with E-state index in [1.54, 1.807) is 48.3 Å². The molecule has 3 aromatic rings. The topological polar surface area (TPSA) is 96.3 Å². The number of nitrogens with zero attached hydrogens (tertiary/aromatic N) is 3. The van der Waals surface area contributed by atoms with Gasteiger partial charge in [-0.1, -0.05) is 48.5 Å². The zero-order valence-electron chi connectivity index (χ0n) is 15.7. The standard InChI is InChI=1S/C21H19N5O3/c1-21(16-8-4-2-5-9-16)19(28)26(20(29)23-21)24-18(27)12-15-13-22-25(14-15)17-10-6-3-7-11-17/h2-11,13-14H,12H2,1H3,(H,23,29)(H,24,27). The van der Waals surface area contributed by atoms with E-state index >= 15 is 0 Å². The first-order valence-corrected chi connectivity index (χ1v) is 9.08. The molecule has 2 N–H and O–H groups in total. The van der Waals surface area contributed by atoms with Gasteiger partial charge in [0, 0.05) is 6.20 Å². The fourth-order valence-corrected chi connectivity index (χ4v) is 3.23. The fraction of sp³-hybridized carbons (Fsp3) is 0.143. The minimum atomic E-state index is -1.23. The van der Waals surface area contributed by atoms with E-state index in [0.29, 0.717) is 11.1 Å². The SMILES string of the molecule is CC1(c2ccccc2)NC(=O)N(NC(=O)Cc2cnn(-c3ccccc3)c2)C1=O. The summed E-state index contributed by atoms with van der Waals surface area (Å²) in [5.74, 6) is -1.03. The maximum absolute atomic E-state index is 12.8. The minimum absolute atomic E-state index is 0.0219. The molecule has 1 aliphatic rings. The molecule has 1 aliphatic heterocycles. The van der Waals surface area contributed by atoms with Gasteiger partial charge < -0.3 is 5.32 Å². The molecular weight excluding hydrogens is 370 g/mol. The van der Waals surface area contributed by atoms with Crippen LogP contribution in [0.25, 0.3) is 5.69 Å². The van der Waals surface area contributed by atoms with Crippen LogP contribution < -0.4 is 10.7 Å². The molecule has 0 radical (unpaired) electrons. The predicted octanol–water partition coefficient (Wildman–Crippen LogP) is 1.91. The number of urea groups is 1. The minimum Gasteiger partial charge on any atom is -0.318 e. The molecule has 29 heavy (non-hydrogen) atoms. The summed E-state index contributed by atoms with van der Waals surface area (Å²) in [5, 5.41) is 7.62. The summed E-state index contributed by atoms with van der Waals surface area (Å²) in [5.41, 5.74) is 3.33. The quantitative estimate of drug-likeness (QED) is 0.652.